The van der Waals surface area contributed by atoms with Crippen molar-refractivity contribution in [1.82, 2.24) is 4.90 Å². The lowest BCUT2D eigenvalue weighted by atomic mass is 10.2. The summed E-state index contributed by atoms with van der Waals surface area (Å²) in [7, 11) is 0. The van der Waals surface area contributed by atoms with Gasteiger partial charge in [-0.3, -0.25) is 4.79 Å². The highest BCUT2D eigenvalue weighted by Gasteiger charge is 2.33. The van der Waals surface area contributed by atoms with E-state index < -0.39 is 0 Å². The standard InChI is InChI=1S/C12H12BrCl2NO/c13-8-1-4-11(15)10(7-8)12(17)16(6-5-14)9-2-3-9/h1,4,7,9H,2-3,5-6H2. The molecule has 0 bridgehead atoms. The summed E-state index contributed by atoms with van der Waals surface area (Å²) in [5.74, 6) is 0.424. The molecule has 17 heavy (non-hydrogen) atoms. The Balaban J connectivity index is 2.24. The number of hydrogen-bond acceptors (Lipinski definition) is 1. The second-order valence-corrected chi connectivity index (χ2v) is 5.74. The monoisotopic (exact) mass is 335 g/mol. The van der Waals surface area contributed by atoms with Crippen LogP contribution >= 0.6 is 39.1 Å². The predicted molar refractivity (Wildman–Crippen MR) is 73.9 cm³/mol. The molecule has 2 rings (SSSR count). The van der Waals surface area contributed by atoms with E-state index in [4.69, 9.17) is 23.2 Å². The highest BCUT2D eigenvalue weighted by molar-refractivity contribution is 9.10. The van der Waals surface area contributed by atoms with Crippen LogP contribution in [0.2, 0.25) is 5.02 Å². The van der Waals surface area contributed by atoms with Crippen LogP contribution in [0, 0.1) is 0 Å². The Hall–Kier alpha value is -0.250. The van der Waals surface area contributed by atoms with Gasteiger partial charge in [0.25, 0.3) is 5.91 Å². The van der Waals surface area contributed by atoms with E-state index in [1.165, 1.54) is 0 Å². The van der Waals surface area contributed by atoms with E-state index in [0.717, 1.165) is 17.3 Å². The minimum absolute atomic E-state index is 0.0283. The van der Waals surface area contributed by atoms with Gasteiger partial charge in [0.1, 0.15) is 0 Å². The summed E-state index contributed by atoms with van der Waals surface area (Å²) in [6, 6.07) is 5.65. The van der Waals surface area contributed by atoms with E-state index in [0.29, 0.717) is 29.1 Å². The second kappa shape index (κ2) is 5.59. The van der Waals surface area contributed by atoms with Gasteiger partial charge in [0.2, 0.25) is 0 Å². The Morgan fingerprint density at radius 1 is 1.47 bits per heavy atom. The van der Waals surface area contributed by atoms with Crippen molar-refractivity contribution in [3.05, 3.63) is 33.3 Å². The van der Waals surface area contributed by atoms with Gasteiger partial charge in [-0.1, -0.05) is 27.5 Å². The van der Waals surface area contributed by atoms with Crippen LogP contribution in [0.25, 0.3) is 0 Å². The smallest absolute Gasteiger partial charge is 0.255 e. The van der Waals surface area contributed by atoms with Crippen molar-refractivity contribution in [2.24, 2.45) is 0 Å². The lowest BCUT2D eigenvalue weighted by Gasteiger charge is -2.21. The number of carbonyl (C=O) groups is 1. The summed E-state index contributed by atoms with van der Waals surface area (Å²) in [6.45, 7) is 0.577. The summed E-state index contributed by atoms with van der Waals surface area (Å²) in [5.41, 5.74) is 0.540. The number of hydrogen-bond donors (Lipinski definition) is 0. The van der Waals surface area contributed by atoms with Gasteiger partial charge >= 0.3 is 0 Å². The zero-order chi connectivity index (χ0) is 12.4. The first-order valence-corrected chi connectivity index (χ1v) is 7.16. The molecule has 1 amide bonds. The molecule has 0 radical (unpaired) electrons. The molecule has 1 aromatic rings. The fourth-order valence-corrected chi connectivity index (χ4v) is 2.48. The van der Waals surface area contributed by atoms with Crippen molar-refractivity contribution in [1.29, 1.82) is 0 Å². The second-order valence-electron chi connectivity index (χ2n) is 4.04. The molecule has 0 aliphatic heterocycles. The Morgan fingerprint density at radius 2 is 2.18 bits per heavy atom. The first-order chi connectivity index (χ1) is 8.13. The van der Waals surface area contributed by atoms with Gasteiger partial charge in [-0.2, -0.15) is 0 Å². The van der Waals surface area contributed by atoms with Crippen LogP contribution in [0.1, 0.15) is 23.2 Å². The molecule has 1 aliphatic carbocycles. The third-order valence-corrected chi connectivity index (χ3v) is 3.72. The van der Waals surface area contributed by atoms with Crippen LogP contribution in [0.5, 0.6) is 0 Å². The highest BCUT2D eigenvalue weighted by atomic mass is 79.9. The van der Waals surface area contributed by atoms with Crippen molar-refractivity contribution < 1.29 is 4.79 Å². The molecule has 1 fully saturated rings. The van der Waals surface area contributed by atoms with Gasteiger partial charge in [-0.05, 0) is 31.0 Å². The third kappa shape index (κ3) is 3.15. The maximum Gasteiger partial charge on any atom is 0.255 e. The topological polar surface area (TPSA) is 20.3 Å². The summed E-state index contributed by atoms with van der Waals surface area (Å²) in [4.78, 5) is 14.2. The average molecular weight is 337 g/mol. The largest absolute Gasteiger partial charge is 0.334 e. The van der Waals surface area contributed by atoms with E-state index in [1.54, 1.807) is 12.1 Å². The predicted octanol–water partition coefficient (Wildman–Crippen LogP) is 3.95. The Kier molecular flexibility index (Phi) is 4.34. The zero-order valence-corrected chi connectivity index (χ0v) is 12.2. The van der Waals surface area contributed by atoms with Gasteiger partial charge in [-0.15, -0.1) is 11.6 Å². The number of nitrogens with zero attached hydrogens (tertiary/aromatic N) is 1. The summed E-state index contributed by atoms with van der Waals surface area (Å²) >= 11 is 15.1. The molecule has 0 heterocycles. The molecule has 0 saturated heterocycles. The number of alkyl halides is 1. The minimum atomic E-state index is -0.0283. The fraction of sp³-hybridized carbons (Fsp3) is 0.417. The number of carbonyl (C=O) groups excluding carboxylic acids is 1. The van der Waals surface area contributed by atoms with Gasteiger partial charge in [0, 0.05) is 22.9 Å². The normalized spacial score (nSPS) is 14.8. The van der Waals surface area contributed by atoms with Crippen molar-refractivity contribution in [2.75, 3.05) is 12.4 Å². The van der Waals surface area contributed by atoms with Gasteiger partial charge in [0.15, 0.2) is 0 Å². The molecule has 1 aliphatic rings. The van der Waals surface area contributed by atoms with Crippen LogP contribution in [0.4, 0.5) is 0 Å². The maximum atomic E-state index is 12.4. The van der Waals surface area contributed by atoms with Crippen LogP contribution in [-0.4, -0.2) is 29.3 Å². The average Bonchev–Trinajstić information content (AvgIpc) is 3.12. The van der Waals surface area contributed by atoms with Gasteiger partial charge < -0.3 is 4.90 Å². The van der Waals surface area contributed by atoms with Crippen molar-refractivity contribution in [2.45, 2.75) is 18.9 Å². The first-order valence-electron chi connectivity index (χ1n) is 5.45. The molecular formula is C12H12BrCl2NO. The van der Waals surface area contributed by atoms with Crippen molar-refractivity contribution in [3.8, 4) is 0 Å². The molecule has 1 aromatic carbocycles. The Bertz CT molecular complexity index is 435. The van der Waals surface area contributed by atoms with Crippen LogP contribution in [0.15, 0.2) is 22.7 Å². The van der Waals surface area contributed by atoms with Crippen molar-refractivity contribution in [3.63, 3.8) is 0 Å². The summed E-state index contributed by atoms with van der Waals surface area (Å²) in [6.07, 6.45) is 2.13. The maximum absolute atomic E-state index is 12.4. The SMILES string of the molecule is O=C(c1cc(Br)ccc1Cl)N(CCCl)C1CC1. The number of amides is 1. The van der Waals surface area contributed by atoms with Gasteiger partial charge in [-0.25, -0.2) is 0 Å². The highest BCUT2D eigenvalue weighted by Crippen LogP contribution is 2.30. The van der Waals surface area contributed by atoms with Crippen molar-refractivity contribution >= 4 is 45.0 Å². The quantitative estimate of drug-likeness (QED) is 0.762. The summed E-state index contributed by atoms with van der Waals surface area (Å²) in [5, 5.41) is 0.485. The molecule has 2 nitrogen and oxygen atoms in total. The molecule has 92 valence electrons. The Labute approximate surface area is 119 Å². The van der Waals surface area contributed by atoms with Gasteiger partial charge in [0.05, 0.1) is 10.6 Å². The number of rotatable bonds is 4. The molecule has 0 N–H and O–H groups in total. The lowest BCUT2D eigenvalue weighted by Crippen LogP contribution is -2.34. The zero-order valence-electron chi connectivity index (χ0n) is 9.13. The van der Waals surface area contributed by atoms with E-state index in [1.807, 2.05) is 11.0 Å². The van der Waals surface area contributed by atoms with E-state index in [9.17, 15) is 4.79 Å². The lowest BCUT2D eigenvalue weighted by molar-refractivity contribution is 0.0754. The molecule has 0 spiro atoms. The molecule has 0 atom stereocenters. The molecule has 0 unspecified atom stereocenters. The molecule has 0 aromatic heterocycles. The van der Waals surface area contributed by atoms with E-state index in [-0.39, 0.29) is 5.91 Å². The number of benzene rings is 1. The molecular weight excluding hydrogens is 325 g/mol. The summed E-state index contributed by atoms with van der Waals surface area (Å²) < 4.78 is 0.854. The van der Waals surface area contributed by atoms with E-state index >= 15 is 0 Å². The van der Waals surface area contributed by atoms with E-state index in [2.05, 4.69) is 15.9 Å². The third-order valence-electron chi connectivity index (χ3n) is 2.73. The minimum Gasteiger partial charge on any atom is -0.334 e. The molecule has 5 heteroatoms. The van der Waals surface area contributed by atoms with Crippen LogP contribution < -0.4 is 0 Å². The fourth-order valence-electron chi connectivity index (χ4n) is 1.74. The number of halogens is 3. The first kappa shape index (κ1) is 13.2. The van der Waals surface area contributed by atoms with Crippen LogP contribution in [-0.2, 0) is 0 Å². The molecule has 1 saturated carbocycles. The van der Waals surface area contributed by atoms with Crippen LogP contribution in [0.3, 0.4) is 0 Å². The Morgan fingerprint density at radius 3 is 2.76 bits per heavy atom.